The lowest BCUT2D eigenvalue weighted by atomic mass is 10.1. The molecule has 0 radical (unpaired) electrons. The van der Waals surface area contributed by atoms with Gasteiger partial charge in [0.25, 0.3) is 0 Å². The summed E-state index contributed by atoms with van der Waals surface area (Å²) < 4.78 is 16.8. The maximum Gasteiger partial charge on any atom is 0.306 e. The summed E-state index contributed by atoms with van der Waals surface area (Å²) in [6.07, 6.45) is 69.0. The van der Waals surface area contributed by atoms with Gasteiger partial charge < -0.3 is 14.2 Å². The van der Waals surface area contributed by atoms with Crippen molar-refractivity contribution in [3.63, 3.8) is 0 Å². The molecule has 6 nitrogen and oxygen atoms in total. The van der Waals surface area contributed by atoms with Gasteiger partial charge in [0, 0.05) is 19.3 Å². The van der Waals surface area contributed by atoms with E-state index in [1.807, 2.05) is 0 Å². The Morgan fingerprint density at radius 2 is 0.591 bits per heavy atom. The summed E-state index contributed by atoms with van der Waals surface area (Å²) in [5.41, 5.74) is 0. The van der Waals surface area contributed by atoms with Gasteiger partial charge in [0.05, 0.1) is 0 Å². The van der Waals surface area contributed by atoms with Crippen LogP contribution in [0.3, 0.4) is 0 Å². The van der Waals surface area contributed by atoms with Gasteiger partial charge in [-0.15, -0.1) is 0 Å². The third-order valence-corrected chi connectivity index (χ3v) is 11.9. The summed E-state index contributed by atoms with van der Waals surface area (Å²) >= 11 is 0. The predicted molar refractivity (Wildman–Crippen MR) is 284 cm³/mol. The number of ether oxygens (including phenoxy) is 3. The first kappa shape index (κ1) is 62.8. The molecular formula is C60H104O6. The Bertz CT molecular complexity index is 1240. The van der Waals surface area contributed by atoms with E-state index in [0.29, 0.717) is 19.3 Å². The fraction of sp³-hybridized carbons (Fsp3) is 0.750. The Balaban J connectivity index is 4.26. The van der Waals surface area contributed by atoms with Gasteiger partial charge in [-0.25, -0.2) is 0 Å². The zero-order valence-corrected chi connectivity index (χ0v) is 43.4. The molecule has 0 heterocycles. The lowest BCUT2D eigenvalue weighted by Crippen LogP contribution is -2.30. The highest BCUT2D eigenvalue weighted by molar-refractivity contribution is 5.71. The third-order valence-electron chi connectivity index (χ3n) is 11.9. The predicted octanol–water partition coefficient (Wildman–Crippen LogP) is 18.6. The van der Waals surface area contributed by atoms with Crippen LogP contribution < -0.4 is 0 Å². The Labute approximate surface area is 408 Å². The van der Waals surface area contributed by atoms with Crippen LogP contribution in [0.2, 0.25) is 0 Å². The summed E-state index contributed by atoms with van der Waals surface area (Å²) in [4.78, 5) is 38.0. The smallest absolute Gasteiger partial charge is 0.306 e. The molecule has 0 amide bonds. The fourth-order valence-corrected chi connectivity index (χ4v) is 7.76. The summed E-state index contributed by atoms with van der Waals surface area (Å²) in [5, 5.41) is 0. The number of carbonyl (C=O) groups is 3. The Morgan fingerprint density at radius 1 is 0.318 bits per heavy atom. The summed E-state index contributed by atoms with van der Waals surface area (Å²) in [6.45, 7) is 6.48. The van der Waals surface area contributed by atoms with Gasteiger partial charge in [0.1, 0.15) is 13.2 Å². The molecule has 0 rings (SSSR count). The monoisotopic (exact) mass is 921 g/mol. The van der Waals surface area contributed by atoms with Crippen molar-refractivity contribution in [2.45, 2.75) is 277 Å². The molecule has 0 fully saturated rings. The SMILES string of the molecule is CC/C=C\C/C=C\C/C=C\CCCCCCCCCC(=O)OC(COC(=O)CCCCCCCCCC)COC(=O)CCCCCCCCCC/C=C\C/C=C\C/C=C\CCCCCCC. The number of hydrogen-bond acceptors (Lipinski definition) is 6. The van der Waals surface area contributed by atoms with Crippen LogP contribution in [0.5, 0.6) is 0 Å². The van der Waals surface area contributed by atoms with E-state index in [9.17, 15) is 14.4 Å². The maximum atomic E-state index is 12.8. The molecule has 0 N–H and O–H groups in total. The minimum Gasteiger partial charge on any atom is -0.462 e. The standard InChI is InChI=1S/C60H104O6/c1-4-7-10-13-16-19-21-23-25-27-28-29-30-31-32-34-35-37-39-41-44-47-50-53-59(62)65-56-57(55-64-58(61)52-49-46-43-18-15-12-9-6-3)66-60(63)54-51-48-45-42-40-38-36-33-26-24-22-20-17-14-11-8-5-2/h8,11,17,20-21,23-24,26-28,30-31,57H,4-7,9-10,12-16,18-19,22,25,29,32-56H2,1-3H3/b11-8-,20-17-,23-21-,26-24-,28-27-,31-30-. The quantitative estimate of drug-likeness (QED) is 0.0262. The number of allylic oxidation sites excluding steroid dienone is 12. The maximum absolute atomic E-state index is 12.8. The van der Waals surface area contributed by atoms with E-state index in [0.717, 1.165) is 103 Å². The van der Waals surface area contributed by atoms with E-state index in [4.69, 9.17) is 14.2 Å². The van der Waals surface area contributed by atoms with Crippen LogP contribution in [0.1, 0.15) is 271 Å². The normalized spacial score (nSPS) is 12.6. The van der Waals surface area contributed by atoms with Crippen molar-refractivity contribution in [3.8, 4) is 0 Å². The fourth-order valence-electron chi connectivity index (χ4n) is 7.76. The topological polar surface area (TPSA) is 78.9 Å². The van der Waals surface area contributed by atoms with Gasteiger partial charge in [-0.2, -0.15) is 0 Å². The van der Waals surface area contributed by atoms with Crippen molar-refractivity contribution in [2.24, 2.45) is 0 Å². The van der Waals surface area contributed by atoms with Crippen molar-refractivity contribution in [1.29, 1.82) is 0 Å². The second-order valence-electron chi connectivity index (χ2n) is 18.5. The van der Waals surface area contributed by atoms with Crippen molar-refractivity contribution >= 4 is 17.9 Å². The van der Waals surface area contributed by atoms with Crippen molar-refractivity contribution in [2.75, 3.05) is 13.2 Å². The molecule has 6 heteroatoms. The van der Waals surface area contributed by atoms with Crippen LogP contribution in [0.25, 0.3) is 0 Å². The largest absolute Gasteiger partial charge is 0.462 e. The molecule has 0 aromatic carbocycles. The Kier molecular flexibility index (Phi) is 51.9. The minimum atomic E-state index is -0.781. The molecule has 0 aromatic rings. The van der Waals surface area contributed by atoms with Crippen LogP contribution in [0.15, 0.2) is 72.9 Å². The highest BCUT2D eigenvalue weighted by Crippen LogP contribution is 2.15. The number of esters is 3. The molecule has 0 aliphatic rings. The van der Waals surface area contributed by atoms with Crippen LogP contribution in [-0.4, -0.2) is 37.2 Å². The van der Waals surface area contributed by atoms with Gasteiger partial charge in [-0.3, -0.25) is 14.4 Å². The summed E-state index contributed by atoms with van der Waals surface area (Å²) in [5.74, 6) is -0.898. The minimum absolute atomic E-state index is 0.0809. The third kappa shape index (κ3) is 51.8. The Hall–Kier alpha value is -3.15. The average molecular weight is 921 g/mol. The number of hydrogen-bond donors (Lipinski definition) is 0. The molecule has 66 heavy (non-hydrogen) atoms. The van der Waals surface area contributed by atoms with Crippen LogP contribution >= 0.6 is 0 Å². The molecule has 0 aromatic heterocycles. The molecule has 0 bridgehead atoms. The molecule has 0 saturated carbocycles. The van der Waals surface area contributed by atoms with E-state index in [1.54, 1.807) is 0 Å². The highest BCUT2D eigenvalue weighted by Gasteiger charge is 2.19. The van der Waals surface area contributed by atoms with Crippen molar-refractivity contribution < 1.29 is 28.6 Å². The van der Waals surface area contributed by atoms with E-state index >= 15 is 0 Å². The molecule has 0 spiro atoms. The molecule has 380 valence electrons. The molecule has 0 aliphatic heterocycles. The van der Waals surface area contributed by atoms with Gasteiger partial charge in [-0.05, 0) is 89.9 Å². The zero-order chi connectivity index (χ0) is 47.9. The molecule has 0 saturated heterocycles. The first-order valence-corrected chi connectivity index (χ1v) is 27.9. The highest BCUT2D eigenvalue weighted by atomic mass is 16.6. The first-order valence-electron chi connectivity index (χ1n) is 27.9. The van der Waals surface area contributed by atoms with Gasteiger partial charge in [0.15, 0.2) is 6.10 Å². The first-order chi connectivity index (χ1) is 32.5. The van der Waals surface area contributed by atoms with Gasteiger partial charge >= 0.3 is 17.9 Å². The van der Waals surface area contributed by atoms with Crippen molar-refractivity contribution in [1.82, 2.24) is 0 Å². The van der Waals surface area contributed by atoms with Crippen LogP contribution in [-0.2, 0) is 28.6 Å². The summed E-state index contributed by atoms with van der Waals surface area (Å²) in [7, 11) is 0. The van der Waals surface area contributed by atoms with Gasteiger partial charge in [-0.1, -0.05) is 235 Å². The van der Waals surface area contributed by atoms with E-state index in [-0.39, 0.29) is 31.1 Å². The van der Waals surface area contributed by atoms with E-state index in [2.05, 4.69) is 93.7 Å². The molecular weight excluding hydrogens is 817 g/mol. The van der Waals surface area contributed by atoms with Gasteiger partial charge in [0.2, 0.25) is 0 Å². The number of carbonyl (C=O) groups excluding carboxylic acids is 3. The Morgan fingerprint density at radius 3 is 0.924 bits per heavy atom. The van der Waals surface area contributed by atoms with E-state index in [1.165, 1.54) is 128 Å². The number of rotatable bonds is 50. The molecule has 0 aliphatic carbocycles. The summed E-state index contributed by atoms with van der Waals surface area (Å²) in [6, 6.07) is 0. The lowest BCUT2D eigenvalue weighted by molar-refractivity contribution is -0.167. The second kappa shape index (κ2) is 54.5. The number of unbranched alkanes of at least 4 members (excludes halogenated alkanes) is 27. The van der Waals surface area contributed by atoms with Crippen LogP contribution in [0, 0.1) is 0 Å². The zero-order valence-electron chi connectivity index (χ0n) is 43.4. The average Bonchev–Trinajstić information content (AvgIpc) is 3.31. The van der Waals surface area contributed by atoms with Crippen molar-refractivity contribution in [3.05, 3.63) is 72.9 Å². The second-order valence-corrected chi connectivity index (χ2v) is 18.5. The lowest BCUT2D eigenvalue weighted by Gasteiger charge is -2.18. The van der Waals surface area contributed by atoms with Crippen LogP contribution in [0.4, 0.5) is 0 Å². The van der Waals surface area contributed by atoms with E-state index < -0.39 is 6.10 Å². The molecule has 1 atom stereocenters. The molecule has 1 unspecified atom stereocenters.